The molecule has 1 heterocycles. The second-order valence-corrected chi connectivity index (χ2v) is 5.11. The highest BCUT2D eigenvalue weighted by Crippen LogP contribution is 2.31. The molecule has 19 heavy (non-hydrogen) atoms. The van der Waals surface area contributed by atoms with Crippen molar-refractivity contribution in [3.8, 4) is 0 Å². The van der Waals surface area contributed by atoms with Gasteiger partial charge in [0.15, 0.2) is 0 Å². The van der Waals surface area contributed by atoms with Gasteiger partial charge in [0.05, 0.1) is 29.6 Å². The molecule has 0 aliphatic heterocycles. The molecular formula is C13H17NO4S. The van der Waals surface area contributed by atoms with Crippen molar-refractivity contribution in [2.45, 2.75) is 32.1 Å². The Morgan fingerprint density at radius 1 is 1.26 bits per heavy atom. The first-order valence-electron chi connectivity index (χ1n) is 5.89. The third-order valence-electron chi connectivity index (χ3n) is 2.57. The van der Waals surface area contributed by atoms with Gasteiger partial charge in [-0.2, -0.15) is 0 Å². The molecule has 0 fully saturated rings. The topological polar surface area (TPSA) is 76.5 Å². The van der Waals surface area contributed by atoms with E-state index in [2.05, 4.69) is 4.98 Å². The number of aryl methyl sites for hydroxylation is 2. The molecule has 5 nitrogen and oxygen atoms in total. The number of methoxy groups -OCH3 is 1. The summed E-state index contributed by atoms with van der Waals surface area (Å²) in [4.78, 5) is 27.8. The molecule has 104 valence electrons. The Bertz CT molecular complexity index is 514. The van der Waals surface area contributed by atoms with E-state index >= 15 is 0 Å². The minimum atomic E-state index is -1.08. The zero-order valence-electron chi connectivity index (χ0n) is 11.4. The van der Waals surface area contributed by atoms with Gasteiger partial charge >= 0.3 is 11.9 Å². The van der Waals surface area contributed by atoms with Gasteiger partial charge in [-0.3, -0.25) is 4.98 Å². The Balaban J connectivity index is 3.54. The van der Waals surface area contributed by atoms with Gasteiger partial charge in [0.25, 0.3) is 0 Å². The van der Waals surface area contributed by atoms with Crippen LogP contribution in [-0.4, -0.2) is 34.9 Å². The van der Waals surface area contributed by atoms with Gasteiger partial charge in [0.2, 0.25) is 0 Å². The summed E-state index contributed by atoms with van der Waals surface area (Å²) in [7, 11) is 1.27. The van der Waals surface area contributed by atoms with E-state index in [1.54, 1.807) is 13.8 Å². The fourth-order valence-electron chi connectivity index (χ4n) is 1.76. The third kappa shape index (κ3) is 3.26. The normalized spacial score (nSPS) is 10.3. The zero-order chi connectivity index (χ0) is 14.6. The molecule has 0 unspecified atom stereocenters. The summed E-state index contributed by atoms with van der Waals surface area (Å²) in [6.45, 7) is 5.31. The van der Waals surface area contributed by atoms with E-state index in [4.69, 9.17) is 4.74 Å². The number of aromatic carboxylic acids is 1. The van der Waals surface area contributed by atoms with Crippen LogP contribution in [0, 0.1) is 13.8 Å². The molecule has 1 rings (SSSR count). The number of hydrogen-bond acceptors (Lipinski definition) is 5. The monoisotopic (exact) mass is 283 g/mol. The van der Waals surface area contributed by atoms with Crippen LogP contribution in [0.15, 0.2) is 4.90 Å². The number of carboxylic acids is 1. The van der Waals surface area contributed by atoms with Gasteiger partial charge in [-0.15, -0.1) is 11.8 Å². The summed E-state index contributed by atoms with van der Waals surface area (Å²) < 4.78 is 4.73. The van der Waals surface area contributed by atoms with E-state index in [1.807, 2.05) is 6.92 Å². The molecule has 0 bridgehead atoms. The lowest BCUT2D eigenvalue weighted by Crippen LogP contribution is -2.14. The Labute approximate surface area is 116 Å². The molecule has 1 aromatic heterocycles. The summed E-state index contributed by atoms with van der Waals surface area (Å²) in [5.41, 5.74) is 1.25. The minimum Gasteiger partial charge on any atom is -0.478 e. The Kier molecular flexibility index (Phi) is 5.35. The summed E-state index contributed by atoms with van der Waals surface area (Å²) in [6, 6.07) is 0. The molecule has 0 aliphatic carbocycles. The number of thioether (sulfide) groups is 1. The second-order valence-electron chi connectivity index (χ2n) is 4.01. The van der Waals surface area contributed by atoms with Gasteiger partial charge in [-0.25, -0.2) is 9.59 Å². The highest BCUT2D eigenvalue weighted by atomic mass is 32.2. The largest absolute Gasteiger partial charge is 0.478 e. The molecular weight excluding hydrogens is 266 g/mol. The van der Waals surface area contributed by atoms with E-state index in [1.165, 1.54) is 18.9 Å². The van der Waals surface area contributed by atoms with Crippen molar-refractivity contribution in [1.29, 1.82) is 0 Å². The van der Waals surface area contributed by atoms with Crippen LogP contribution in [0.4, 0.5) is 0 Å². The molecule has 1 N–H and O–H groups in total. The third-order valence-corrected chi connectivity index (χ3v) is 3.88. The van der Waals surface area contributed by atoms with Crippen molar-refractivity contribution < 1.29 is 19.4 Å². The van der Waals surface area contributed by atoms with Gasteiger partial charge in [0.1, 0.15) is 0 Å². The number of nitrogens with zero attached hydrogens (tertiary/aromatic N) is 1. The van der Waals surface area contributed by atoms with Crippen LogP contribution in [0.2, 0.25) is 0 Å². The van der Waals surface area contributed by atoms with Crippen LogP contribution in [0.25, 0.3) is 0 Å². The van der Waals surface area contributed by atoms with Crippen molar-refractivity contribution in [3.05, 3.63) is 22.5 Å². The number of esters is 1. The van der Waals surface area contributed by atoms with Crippen molar-refractivity contribution in [2.75, 3.05) is 12.9 Å². The SMILES string of the molecule is CCCSc1c(C(=O)O)c(C)nc(C)c1C(=O)OC. The Hall–Kier alpha value is -1.56. The van der Waals surface area contributed by atoms with E-state index in [9.17, 15) is 14.7 Å². The molecule has 0 atom stereocenters. The molecule has 0 saturated carbocycles. The molecule has 0 amide bonds. The van der Waals surface area contributed by atoms with Crippen LogP contribution >= 0.6 is 11.8 Å². The van der Waals surface area contributed by atoms with Crippen LogP contribution in [0.5, 0.6) is 0 Å². The smallest absolute Gasteiger partial charge is 0.340 e. The highest BCUT2D eigenvalue weighted by molar-refractivity contribution is 7.99. The first-order valence-corrected chi connectivity index (χ1v) is 6.88. The molecule has 0 aromatic carbocycles. The minimum absolute atomic E-state index is 0.0875. The molecule has 6 heteroatoms. The average Bonchev–Trinajstić information content (AvgIpc) is 2.34. The molecule has 0 radical (unpaired) electrons. The summed E-state index contributed by atoms with van der Waals surface area (Å²) in [5, 5.41) is 9.31. The van der Waals surface area contributed by atoms with Crippen LogP contribution in [0.1, 0.15) is 45.4 Å². The quantitative estimate of drug-likeness (QED) is 0.661. The number of aromatic nitrogens is 1. The first-order chi connectivity index (χ1) is 8.93. The van der Waals surface area contributed by atoms with Gasteiger partial charge < -0.3 is 9.84 Å². The lowest BCUT2D eigenvalue weighted by Gasteiger charge is -2.14. The fraction of sp³-hybridized carbons (Fsp3) is 0.462. The summed E-state index contributed by atoms with van der Waals surface area (Å²) in [6.07, 6.45) is 0.880. The van der Waals surface area contributed by atoms with Crippen molar-refractivity contribution in [1.82, 2.24) is 4.98 Å². The maximum atomic E-state index is 11.8. The van der Waals surface area contributed by atoms with Gasteiger partial charge in [-0.1, -0.05) is 6.92 Å². The Morgan fingerprint density at radius 2 is 1.84 bits per heavy atom. The Morgan fingerprint density at radius 3 is 2.32 bits per heavy atom. The number of carbonyl (C=O) groups excluding carboxylic acids is 1. The number of rotatable bonds is 5. The highest BCUT2D eigenvalue weighted by Gasteiger charge is 2.25. The van der Waals surface area contributed by atoms with Gasteiger partial charge in [-0.05, 0) is 26.0 Å². The van der Waals surface area contributed by atoms with Crippen LogP contribution in [-0.2, 0) is 4.74 Å². The van der Waals surface area contributed by atoms with Crippen molar-refractivity contribution in [2.24, 2.45) is 0 Å². The lowest BCUT2D eigenvalue weighted by molar-refractivity contribution is 0.0595. The second kappa shape index (κ2) is 6.56. The summed E-state index contributed by atoms with van der Waals surface area (Å²) >= 11 is 1.35. The number of hydrogen-bond donors (Lipinski definition) is 1. The zero-order valence-corrected chi connectivity index (χ0v) is 12.3. The van der Waals surface area contributed by atoms with E-state index < -0.39 is 11.9 Å². The number of ether oxygens (including phenoxy) is 1. The number of carbonyl (C=O) groups is 2. The molecule has 0 aliphatic rings. The number of pyridine rings is 1. The van der Waals surface area contributed by atoms with E-state index in [-0.39, 0.29) is 11.1 Å². The van der Waals surface area contributed by atoms with E-state index in [0.717, 1.165) is 12.2 Å². The predicted octanol–water partition coefficient (Wildman–Crippen LogP) is 2.69. The molecule has 0 spiro atoms. The van der Waals surface area contributed by atoms with Crippen molar-refractivity contribution >= 4 is 23.7 Å². The van der Waals surface area contributed by atoms with E-state index in [0.29, 0.717) is 16.3 Å². The maximum absolute atomic E-state index is 11.8. The average molecular weight is 283 g/mol. The fourth-order valence-corrected chi connectivity index (χ4v) is 2.92. The van der Waals surface area contributed by atoms with Gasteiger partial charge in [0, 0.05) is 4.90 Å². The standard InChI is InChI=1S/C13H17NO4S/c1-5-6-19-11-9(12(15)16)7(2)14-8(3)10(11)13(17)18-4/h5-6H2,1-4H3,(H,15,16). The predicted molar refractivity (Wildman–Crippen MR) is 73.0 cm³/mol. The summed E-state index contributed by atoms with van der Waals surface area (Å²) in [5.74, 6) is -0.896. The first kappa shape index (κ1) is 15.5. The maximum Gasteiger partial charge on any atom is 0.340 e. The van der Waals surface area contributed by atoms with Crippen LogP contribution < -0.4 is 0 Å². The van der Waals surface area contributed by atoms with Crippen LogP contribution in [0.3, 0.4) is 0 Å². The molecule has 0 saturated heterocycles. The van der Waals surface area contributed by atoms with Crippen molar-refractivity contribution in [3.63, 3.8) is 0 Å². The lowest BCUT2D eigenvalue weighted by atomic mass is 10.1. The molecule has 1 aromatic rings. The number of carboxylic acid groups (broad SMARTS) is 1.